The molecule has 1 aromatic heterocycles. The van der Waals surface area contributed by atoms with Gasteiger partial charge in [0.05, 0.1) is 12.3 Å². The van der Waals surface area contributed by atoms with Crippen LogP contribution in [0.25, 0.3) is 0 Å². The van der Waals surface area contributed by atoms with Crippen molar-refractivity contribution < 1.29 is 9.53 Å². The van der Waals surface area contributed by atoms with E-state index in [1.54, 1.807) is 17.1 Å². The Kier molecular flexibility index (Phi) is 5.29. The Morgan fingerprint density at radius 3 is 2.84 bits per heavy atom. The molecule has 2 N–H and O–H groups in total. The van der Waals surface area contributed by atoms with Crippen molar-refractivity contribution in [1.82, 2.24) is 19.9 Å². The predicted octanol–water partition coefficient (Wildman–Crippen LogP) is -0.365. The smallest absolute Gasteiger partial charge is 0.244 e. The molecule has 0 radical (unpaired) electrons. The van der Waals surface area contributed by atoms with Crippen LogP contribution in [-0.2, 0) is 16.1 Å². The van der Waals surface area contributed by atoms with Crippen molar-refractivity contribution in [1.29, 1.82) is 0 Å². The van der Waals surface area contributed by atoms with Gasteiger partial charge in [0, 0.05) is 25.9 Å². The number of nitrogens with two attached hydrogens (primary N) is 1. The Labute approximate surface area is 112 Å². The van der Waals surface area contributed by atoms with Gasteiger partial charge >= 0.3 is 0 Å². The minimum atomic E-state index is 0.0888. The minimum Gasteiger partial charge on any atom is -0.378 e. The second kappa shape index (κ2) is 7.20. The van der Waals surface area contributed by atoms with Gasteiger partial charge < -0.3 is 15.4 Å². The zero-order valence-corrected chi connectivity index (χ0v) is 11.1. The molecule has 7 nitrogen and oxygen atoms in total. The second-order valence-corrected chi connectivity index (χ2v) is 4.69. The molecule has 106 valence electrons. The molecule has 1 saturated heterocycles. The fraction of sp³-hybridized carbons (Fsp3) is 0.750. The van der Waals surface area contributed by atoms with Gasteiger partial charge in [-0.25, -0.2) is 4.68 Å². The highest BCUT2D eigenvalue weighted by atomic mass is 16.5. The summed E-state index contributed by atoms with van der Waals surface area (Å²) < 4.78 is 7.26. The summed E-state index contributed by atoms with van der Waals surface area (Å²) in [6, 6.07) is 0. The largest absolute Gasteiger partial charge is 0.378 e. The van der Waals surface area contributed by atoms with Gasteiger partial charge in [0.25, 0.3) is 0 Å². The average molecular weight is 267 g/mol. The predicted molar refractivity (Wildman–Crippen MR) is 69.2 cm³/mol. The Morgan fingerprint density at radius 2 is 2.21 bits per heavy atom. The van der Waals surface area contributed by atoms with Gasteiger partial charge in [-0.2, -0.15) is 0 Å². The number of aromatic nitrogens is 3. The van der Waals surface area contributed by atoms with Crippen molar-refractivity contribution in [3.8, 4) is 0 Å². The van der Waals surface area contributed by atoms with E-state index in [1.165, 1.54) is 0 Å². The first-order valence-corrected chi connectivity index (χ1v) is 6.73. The van der Waals surface area contributed by atoms with E-state index in [0.717, 1.165) is 32.4 Å². The Hall–Kier alpha value is -1.47. The zero-order valence-electron chi connectivity index (χ0n) is 11.1. The first-order chi connectivity index (χ1) is 9.29. The Balaban J connectivity index is 1.69. The number of nitrogens with zero attached hydrogens (tertiary/aromatic N) is 4. The lowest BCUT2D eigenvalue weighted by atomic mass is 10.1. The van der Waals surface area contributed by atoms with Crippen LogP contribution in [-0.4, -0.2) is 58.1 Å². The highest BCUT2D eigenvalue weighted by molar-refractivity contribution is 5.75. The van der Waals surface area contributed by atoms with Gasteiger partial charge in [0.1, 0.15) is 6.54 Å². The fourth-order valence-corrected chi connectivity index (χ4v) is 2.16. The monoisotopic (exact) mass is 267 g/mol. The Morgan fingerprint density at radius 1 is 1.42 bits per heavy atom. The van der Waals surface area contributed by atoms with E-state index >= 15 is 0 Å². The number of carbonyl (C=O) groups is 1. The average Bonchev–Trinajstić information content (AvgIpc) is 2.93. The van der Waals surface area contributed by atoms with Crippen molar-refractivity contribution in [3.05, 3.63) is 12.4 Å². The first kappa shape index (κ1) is 14.0. The minimum absolute atomic E-state index is 0.0888. The summed E-state index contributed by atoms with van der Waals surface area (Å²) in [7, 11) is 0. The molecule has 19 heavy (non-hydrogen) atoms. The van der Waals surface area contributed by atoms with E-state index in [4.69, 9.17) is 10.5 Å². The van der Waals surface area contributed by atoms with E-state index < -0.39 is 0 Å². The summed E-state index contributed by atoms with van der Waals surface area (Å²) in [5, 5.41) is 7.48. The molecule has 0 unspecified atom stereocenters. The van der Waals surface area contributed by atoms with Crippen molar-refractivity contribution in [2.24, 2.45) is 5.73 Å². The van der Waals surface area contributed by atoms with E-state index in [0.29, 0.717) is 13.2 Å². The van der Waals surface area contributed by atoms with E-state index in [9.17, 15) is 4.79 Å². The molecule has 1 aromatic rings. The number of hydrogen-bond acceptors (Lipinski definition) is 5. The number of ether oxygens (including phenoxy) is 1. The van der Waals surface area contributed by atoms with Crippen LogP contribution in [0.15, 0.2) is 12.4 Å². The molecular formula is C12H21N5O2. The van der Waals surface area contributed by atoms with Gasteiger partial charge in [0.15, 0.2) is 0 Å². The van der Waals surface area contributed by atoms with Gasteiger partial charge in [0.2, 0.25) is 5.91 Å². The molecule has 0 saturated carbocycles. The van der Waals surface area contributed by atoms with Crippen molar-refractivity contribution >= 4 is 5.91 Å². The number of rotatable bonds is 6. The quantitative estimate of drug-likeness (QED) is 0.711. The van der Waals surface area contributed by atoms with Crippen LogP contribution < -0.4 is 5.73 Å². The molecule has 0 atom stereocenters. The van der Waals surface area contributed by atoms with Gasteiger partial charge in [-0.3, -0.25) is 4.79 Å². The molecule has 1 aliphatic rings. The molecule has 0 spiro atoms. The topological polar surface area (TPSA) is 86.3 Å². The van der Waals surface area contributed by atoms with Crippen molar-refractivity contribution in [2.75, 3.05) is 26.2 Å². The summed E-state index contributed by atoms with van der Waals surface area (Å²) in [5.41, 5.74) is 5.42. The van der Waals surface area contributed by atoms with Crippen LogP contribution in [0, 0.1) is 0 Å². The highest BCUT2D eigenvalue weighted by Gasteiger charge is 2.23. The maximum absolute atomic E-state index is 12.0. The highest BCUT2D eigenvalue weighted by Crippen LogP contribution is 2.14. The van der Waals surface area contributed by atoms with Crippen molar-refractivity contribution in [2.45, 2.75) is 31.9 Å². The molecule has 2 rings (SSSR count). The van der Waals surface area contributed by atoms with Crippen LogP contribution in [0.2, 0.25) is 0 Å². The molecule has 0 bridgehead atoms. The second-order valence-electron chi connectivity index (χ2n) is 4.69. The summed E-state index contributed by atoms with van der Waals surface area (Å²) in [4.78, 5) is 13.9. The number of likely N-dealkylation sites (tertiary alicyclic amines) is 1. The molecule has 0 aliphatic carbocycles. The summed E-state index contributed by atoms with van der Waals surface area (Å²) in [6.45, 7) is 3.14. The third-order valence-corrected chi connectivity index (χ3v) is 3.27. The van der Waals surface area contributed by atoms with E-state index in [1.807, 2.05) is 4.90 Å². The molecule has 0 aromatic carbocycles. The maximum Gasteiger partial charge on any atom is 0.244 e. The van der Waals surface area contributed by atoms with Crippen LogP contribution in [0.3, 0.4) is 0 Å². The van der Waals surface area contributed by atoms with Crippen LogP contribution in [0.5, 0.6) is 0 Å². The molecule has 1 amide bonds. The zero-order chi connectivity index (χ0) is 13.5. The Bertz CT molecular complexity index is 373. The van der Waals surface area contributed by atoms with Crippen molar-refractivity contribution in [3.63, 3.8) is 0 Å². The molecule has 2 heterocycles. The lowest BCUT2D eigenvalue weighted by Crippen LogP contribution is -2.42. The molecule has 1 fully saturated rings. The summed E-state index contributed by atoms with van der Waals surface area (Å²) in [6.07, 6.45) is 6.22. The number of carbonyl (C=O) groups excluding carboxylic acids is 1. The third kappa shape index (κ3) is 4.29. The normalized spacial score (nSPS) is 16.8. The number of piperidine rings is 1. The fourth-order valence-electron chi connectivity index (χ4n) is 2.16. The summed E-state index contributed by atoms with van der Waals surface area (Å²) >= 11 is 0. The van der Waals surface area contributed by atoms with Crippen LogP contribution in [0.1, 0.15) is 19.3 Å². The molecule has 7 heteroatoms. The van der Waals surface area contributed by atoms with Gasteiger partial charge in [-0.1, -0.05) is 5.21 Å². The maximum atomic E-state index is 12.0. The van der Waals surface area contributed by atoms with E-state index in [-0.39, 0.29) is 18.6 Å². The van der Waals surface area contributed by atoms with Gasteiger partial charge in [-0.05, 0) is 25.8 Å². The standard InChI is InChI=1S/C12H21N5O2/c13-4-1-9-19-11-2-6-16(7-3-11)12(18)10-17-8-5-14-15-17/h5,8,11H,1-4,6-7,9-10,13H2. The van der Waals surface area contributed by atoms with Crippen LogP contribution >= 0.6 is 0 Å². The summed E-state index contributed by atoms with van der Waals surface area (Å²) in [5.74, 6) is 0.0888. The van der Waals surface area contributed by atoms with Crippen LogP contribution in [0.4, 0.5) is 0 Å². The first-order valence-electron chi connectivity index (χ1n) is 6.73. The lowest BCUT2D eigenvalue weighted by Gasteiger charge is -2.31. The lowest BCUT2D eigenvalue weighted by molar-refractivity contribution is -0.134. The van der Waals surface area contributed by atoms with Gasteiger partial charge in [-0.15, -0.1) is 5.10 Å². The third-order valence-electron chi connectivity index (χ3n) is 3.27. The molecule has 1 aliphatic heterocycles. The number of hydrogen-bond donors (Lipinski definition) is 1. The molecular weight excluding hydrogens is 246 g/mol. The number of amides is 1. The SMILES string of the molecule is NCCCOC1CCN(C(=O)Cn2ccnn2)CC1. The van der Waals surface area contributed by atoms with E-state index in [2.05, 4.69) is 10.3 Å².